The Balaban J connectivity index is 2.22. The van der Waals surface area contributed by atoms with Crippen molar-refractivity contribution in [1.29, 1.82) is 0 Å². The molecule has 0 saturated carbocycles. The fourth-order valence-corrected chi connectivity index (χ4v) is 2.23. The van der Waals surface area contributed by atoms with Crippen molar-refractivity contribution in [2.75, 3.05) is 5.73 Å². The van der Waals surface area contributed by atoms with Crippen LogP contribution in [0.2, 0.25) is 0 Å². The smallest absolute Gasteiger partial charge is 0.180 e. The highest BCUT2D eigenvalue weighted by Crippen LogP contribution is 2.22. The van der Waals surface area contributed by atoms with Crippen molar-refractivity contribution in [2.45, 2.75) is 13.3 Å². The van der Waals surface area contributed by atoms with Gasteiger partial charge in [0.2, 0.25) is 0 Å². The molecule has 0 aliphatic carbocycles. The highest BCUT2D eigenvalue weighted by molar-refractivity contribution is 7.15. The van der Waals surface area contributed by atoms with Crippen molar-refractivity contribution in [1.82, 2.24) is 14.8 Å². The molecule has 74 valence electrons. The normalized spacial score (nSPS) is 10.7. The van der Waals surface area contributed by atoms with Gasteiger partial charge in [-0.15, -0.1) is 11.3 Å². The maximum Gasteiger partial charge on any atom is 0.180 e. The zero-order chi connectivity index (χ0) is 10.1. The molecule has 2 aromatic heterocycles. The lowest BCUT2D eigenvalue weighted by molar-refractivity contribution is 0.767. The van der Waals surface area contributed by atoms with Gasteiger partial charge < -0.3 is 5.73 Å². The van der Waals surface area contributed by atoms with Crippen LogP contribution in [0.1, 0.15) is 16.1 Å². The first-order chi connectivity index (χ1) is 6.65. The zero-order valence-electron chi connectivity index (χ0n) is 8.19. The summed E-state index contributed by atoms with van der Waals surface area (Å²) >= 11 is 1.55. The number of anilines is 1. The van der Waals surface area contributed by atoms with Crippen LogP contribution in [0, 0.1) is 6.92 Å². The molecule has 0 fully saturated rings. The summed E-state index contributed by atoms with van der Waals surface area (Å²) in [5.74, 6) is 0. The van der Waals surface area contributed by atoms with Crippen LogP contribution in [0.25, 0.3) is 0 Å². The number of rotatable bonds is 2. The molecule has 2 N–H and O–H groups in total. The highest BCUT2D eigenvalue weighted by Gasteiger charge is 2.06. The van der Waals surface area contributed by atoms with Gasteiger partial charge in [-0.05, 0) is 12.5 Å². The topological polar surface area (TPSA) is 56.7 Å². The molecular formula is C9H12N4S. The second-order valence-electron chi connectivity index (χ2n) is 3.26. The number of aromatic nitrogens is 3. The lowest BCUT2D eigenvalue weighted by atomic mass is 10.2. The Hall–Kier alpha value is -1.36. The minimum atomic E-state index is 0.640. The van der Waals surface area contributed by atoms with Gasteiger partial charge in [0.1, 0.15) is 0 Å². The average Bonchev–Trinajstić information content (AvgIpc) is 2.61. The Bertz CT molecular complexity index is 443. The number of nitrogen functional groups attached to an aromatic ring is 1. The predicted molar refractivity (Wildman–Crippen MR) is 57.3 cm³/mol. The Morgan fingerprint density at radius 3 is 2.86 bits per heavy atom. The van der Waals surface area contributed by atoms with Crippen LogP contribution in [0.3, 0.4) is 0 Å². The van der Waals surface area contributed by atoms with Crippen LogP contribution in [-0.2, 0) is 13.5 Å². The maximum atomic E-state index is 5.62. The van der Waals surface area contributed by atoms with Crippen molar-refractivity contribution in [3.05, 3.63) is 28.5 Å². The average molecular weight is 208 g/mol. The molecule has 2 rings (SSSR count). The summed E-state index contributed by atoms with van der Waals surface area (Å²) in [4.78, 5) is 5.40. The van der Waals surface area contributed by atoms with Crippen LogP contribution in [0.4, 0.5) is 5.13 Å². The molecular weight excluding hydrogens is 196 g/mol. The van der Waals surface area contributed by atoms with Gasteiger partial charge in [-0.3, -0.25) is 4.68 Å². The third kappa shape index (κ3) is 1.77. The van der Waals surface area contributed by atoms with E-state index in [2.05, 4.69) is 10.1 Å². The quantitative estimate of drug-likeness (QED) is 0.810. The van der Waals surface area contributed by atoms with Crippen molar-refractivity contribution >= 4 is 16.5 Å². The summed E-state index contributed by atoms with van der Waals surface area (Å²) < 4.78 is 1.80. The van der Waals surface area contributed by atoms with E-state index in [-0.39, 0.29) is 0 Å². The Labute approximate surface area is 86.4 Å². The van der Waals surface area contributed by atoms with Gasteiger partial charge in [0.25, 0.3) is 0 Å². The molecule has 0 amide bonds. The van der Waals surface area contributed by atoms with E-state index in [1.165, 1.54) is 10.4 Å². The zero-order valence-corrected chi connectivity index (χ0v) is 9.01. The summed E-state index contributed by atoms with van der Waals surface area (Å²) in [6.45, 7) is 1.98. The van der Waals surface area contributed by atoms with E-state index in [1.807, 2.05) is 26.4 Å². The number of nitrogens with zero attached hydrogens (tertiary/aromatic N) is 3. The fraction of sp³-hybridized carbons (Fsp3) is 0.333. The first-order valence-electron chi connectivity index (χ1n) is 4.34. The Kier molecular flexibility index (Phi) is 2.25. The third-order valence-electron chi connectivity index (χ3n) is 2.03. The number of aryl methyl sites for hydroxylation is 2. The predicted octanol–water partition coefficient (Wildman–Crippen LogP) is 1.36. The Morgan fingerprint density at radius 1 is 1.57 bits per heavy atom. The first kappa shape index (κ1) is 9.21. The molecule has 0 unspecified atom stereocenters. The SMILES string of the molecule is Cc1nc(N)sc1Cc1cnn(C)c1. The molecule has 0 spiro atoms. The molecule has 5 heteroatoms. The maximum absolute atomic E-state index is 5.62. The van der Waals surface area contributed by atoms with Crippen molar-refractivity contribution in [3.8, 4) is 0 Å². The summed E-state index contributed by atoms with van der Waals surface area (Å²) in [7, 11) is 1.91. The van der Waals surface area contributed by atoms with E-state index in [4.69, 9.17) is 5.73 Å². The summed E-state index contributed by atoms with van der Waals surface area (Å²) in [5, 5.41) is 4.76. The van der Waals surface area contributed by atoms with E-state index in [9.17, 15) is 0 Å². The van der Waals surface area contributed by atoms with Gasteiger partial charge in [-0.2, -0.15) is 5.10 Å². The van der Waals surface area contributed by atoms with E-state index in [0.29, 0.717) is 5.13 Å². The molecule has 0 aliphatic heterocycles. The van der Waals surface area contributed by atoms with Gasteiger partial charge in [-0.1, -0.05) is 0 Å². The highest BCUT2D eigenvalue weighted by atomic mass is 32.1. The van der Waals surface area contributed by atoms with Crippen LogP contribution < -0.4 is 5.73 Å². The van der Waals surface area contributed by atoms with Crippen LogP contribution in [-0.4, -0.2) is 14.8 Å². The molecule has 0 saturated heterocycles. The molecule has 0 atom stereocenters. The van der Waals surface area contributed by atoms with Gasteiger partial charge in [0.15, 0.2) is 5.13 Å². The first-order valence-corrected chi connectivity index (χ1v) is 5.16. The van der Waals surface area contributed by atoms with Crippen molar-refractivity contribution in [3.63, 3.8) is 0 Å². The minimum Gasteiger partial charge on any atom is -0.375 e. The van der Waals surface area contributed by atoms with E-state index in [1.54, 1.807) is 16.0 Å². The van der Waals surface area contributed by atoms with Crippen LogP contribution >= 0.6 is 11.3 Å². The van der Waals surface area contributed by atoms with Crippen molar-refractivity contribution < 1.29 is 0 Å². The third-order valence-corrected chi connectivity index (χ3v) is 3.02. The monoisotopic (exact) mass is 208 g/mol. The second kappa shape index (κ2) is 3.42. The van der Waals surface area contributed by atoms with E-state index < -0.39 is 0 Å². The largest absolute Gasteiger partial charge is 0.375 e. The Morgan fingerprint density at radius 2 is 2.36 bits per heavy atom. The number of thiazole rings is 1. The standard InChI is InChI=1S/C9H12N4S/c1-6-8(14-9(10)12-6)3-7-4-11-13(2)5-7/h4-5H,3H2,1-2H3,(H2,10,12). The number of nitrogens with two attached hydrogens (primary N) is 1. The summed E-state index contributed by atoms with van der Waals surface area (Å²) in [6.07, 6.45) is 4.75. The summed E-state index contributed by atoms with van der Waals surface area (Å²) in [6, 6.07) is 0. The van der Waals surface area contributed by atoms with E-state index >= 15 is 0 Å². The fourth-order valence-electron chi connectivity index (χ4n) is 1.36. The molecule has 2 heterocycles. The second-order valence-corrected chi connectivity index (χ2v) is 4.37. The van der Waals surface area contributed by atoms with Gasteiger partial charge in [-0.25, -0.2) is 4.98 Å². The molecule has 0 radical (unpaired) electrons. The number of hydrogen-bond donors (Lipinski definition) is 1. The lowest BCUT2D eigenvalue weighted by Gasteiger charge is -1.93. The van der Waals surface area contributed by atoms with Crippen molar-refractivity contribution in [2.24, 2.45) is 7.05 Å². The molecule has 14 heavy (non-hydrogen) atoms. The molecule has 4 nitrogen and oxygen atoms in total. The molecule has 2 aromatic rings. The van der Waals surface area contributed by atoms with Gasteiger partial charge in [0.05, 0.1) is 11.9 Å². The van der Waals surface area contributed by atoms with Crippen LogP contribution in [0.15, 0.2) is 12.4 Å². The van der Waals surface area contributed by atoms with Gasteiger partial charge in [0, 0.05) is 24.5 Å². The lowest BCUT2D eigenvalue weighted by Crippen LogP contribution is -1.87. The van der Waals surface area contributed by atoms with Gasteiger partial charge >= 0.3 is 0 Å². The molecule has 0 bridgehead atoms. The van der Waals surface area contributed by atoms with E-state index in [0.717, 1.165) is 12.1 Å². The summed E-state index contributed by atoms with van der Waals surface area (Å²) in [5.41, 5.74) is 7.84. The van der Waals surface area contributed by atoms with Crippen LogP contribution in [0.5, 0.6) is 0 Å². The molecule has 0 aliphatic rings. The number of hydrogen-bond acceptors (Lipinski definition) is 4. The molecule has 0 aromatic carbocycles. The minimum absolute atomic E-state index is 0.640.